The molecule has 6 rings (SSSR count). The van der Waals surface area contributed by atoms with Gasteiger partial charge >= 0.3 is 6.03 Å². The third-order valence-corrected chi connectivity index (χ3v) is 6.80. The topological polar surface area (TPSA) is 78.3 Å². The maximum Gasteiger partial charge on any atom is 0.324 e. The van der Waals surface area contributed by atoms with E-state index < -0.39 is 0 Å². The van der Waals surface area contributed by atoms with Gasteiger partial charge < -0.3 is 14.0 Å². The molecule has 7 heteroatoms. The fourth-order valence-electron chi connectivity index (χ4n) is 5.03. The summed E-state index contributed by atoms with van der Waals surface area (Å²) < 4.78 is 7.45. The van der Waals surface area contributed by atoms with Crippen LogP contribution in [0.2, 0.25) is 0 Å². The maximum atomic E-state index is 13.2. The minimum absolute atomic E-state index is 0.0203. The summed E-state index contributed by atoms with van der Waals surface area (Å²) >= 11 is 0. The van der Waals surface area contributed by atoms with Gasteiger partial charge in [0.25, 0.3) is 0 Å². The summed E-state index contributed by atoms with van der Waals surface area (Å²) in [6, 6.07) is 18.4. The van der Waals surface area contributed by atoms with Crippen LogP contribution in [0.25, 0.3) is 23.2 Å². The number of nitriles is 1. The number of hydrogen-bond acceptors (Lipinski definition) is 4. The van der Waals surface area contributed by atoms with E-state index in [2.05, 4.69) is 46.3 Å². The molecule has 1 saturated heterocycles. The summed E-state index contributed by atoms with van der Waals surface area (Å²) in [5.41, 5.74) is 5.01. The van der Waals surface area contributed by atoms with Crippen molar-refractivity contribution in [3.8, 4) is 6.07 Å². The number of rotatable bonds is 3. The molecule has 0 bridgehead atoms. The molecule has 1 fully saturated rings. The molecule has 34 heavy (non-hydrogen) atoms. The number of carbonyl (C=O) groups excluding carboxylic acids is 1. The Kier molecular flexibility index (Phi) is 4.92. The first kappa shape index (κ1) is 20.3. The van der Waals surface area contributed by atoms with Gasteiger partial charge in [-0.2, -0.15) is 5.26 Å². The largest absolute Gasteiger partial charge is 0.357 e. The van der Waals surface area contributed by atoms with Gasteiger partial charge in [0.15, 0.2) is 5.42 Å². The van der Waals surface area contributed by atoms with Crippen LogP contribution >= 0.6 is 0 Å². The van der Waals surface area contributed by atoms with Crippen molar-refractivity contribution in [1.82, 2.24) is 19.5 Å². The highest BCUT2D eigenvalue weighted by Crippen LogP contribution is 2.34. The zero-order valence-corrected chi connectivity index (χ0v) is 18.6. The van der Waals surface area contributed by atoms with E-state index >= 15 is 0 Å². The first-order chi connectivity index (χ1) is 16.7. The van der Waals surface area contributed by atoms with Crippen molar-refractivity contribution in [2.45, 2.75) is 18.9 Å². The molecule has 0 radical (unpaired) electrons. The van der Waals surface area contributed by atoms with Crippen molar-refractivity contribution in [2.75, 3.05) is 19.6 Å². The van der Waals surface area contributed by atoms with E-state index in [1.807, 2.05) is 41.4 Å². The van der Waals surface area contributed by atoms with Gasteiger partial charge in [-0.05, 0) is 41.8 Å². The Morgan fingerprint density at radius 1 is 1.18 bits per heavy atom. The van der Waals surface area contributed by atoms with E-state index in [-0.39, 0.29) is 11.9 Å². The molecule has 2 aromatic heterocycles. The van der Waals surface area contributed by atoms with E-state index in [1.165, 1.54) is 16.5 Å². The average Bonchev–Trinajstić information content (AvgIpc) is 3.62. The van der Waals surface area contributed by atoms with Gasteiger partial charge in [0.1, 0.15) is 0 Å². The lowest BCUT2D eigenvalue weighted by Gasteiger charge is -2.25. The fraction of sp³-hybridized carbons (Fsp3) is 0.222. The predicted octanol–water partition coefficient (Wildman–Crippen LogP) is 2.99. The van der Waals surface area contributed by atoms with E-state index in [4.69, 9.17) is 9.78 Å². The van der Waals surface area contributed by atoms with Gasteiger partial charge in [0.05, 0.1) is 23.0 Å². The number of urea groups is 1. The number of hydrogen-bond donors (Lipinski definition) is 0. The Morgan fingerprint density at radius 3 is 2.88 bits per heavy atom. The van der Waals surface area contributed by atoms with Crippen molar-refractivity contribution < 1.29 is 9.32 Å². The number of para-hydroxylation sites is 1. The van der Waals surface area contributed by atoms with Gasteiger partial charge in [0, 0.05) is 55.4 Å². The quantitative estimate of drug-likeness (QED) is 0.482. The summed E-state index contributed by atoms with van der Waals surface area (Å²) in [7, 11) is 0. The number of fused-ring (bicyclic) bond motifs is 2. The highest BCUT2D eigenvalue weighted by atomic mass is 16.5. The lowest BCUT2D eigenvalue weighted by molar-refractivity contribution is 0.187. The van der Waals surface area contributed by atoms with Gasteiger partial charge in [-0.1, -0.05) is 35.5 Å². The third-order valence-electron chi connectivity index (χ3n) is 6.80. The van der Waals surface area contributed by atoms with Crippen LogP contribution in [0.1, 0.15) is 29.0 Å². The highest BCUT2D eigenvalue weighted by molar-refractivity contribution is 5.85. The molecule has 4 aromatic rings. The second kappa shape index (κ2) is 8.23. The zero-order valence-electron chi connectivity index (χ0n) is 18.6. The zero-order chi connectivity index (χ0) is 23.1. The number of aromatic nitrogens is 2. The second-order valence-electron chi connectivity index (χ2n) is 8.88. The standard InChI is InChI=1S/C27H23N5O2/c28-13-19-5-7-20(8-6-19)15-32-18-24(23-3-1-2-4-25(23)32)21-9-11-30(16-21)27(33)31-12-10-26-22(17-31)14-29-34-26/h1-8,10,14,17-18,21H,9,11-12,15-16H2. The lowest BCUT2D eigenvalue weighted by Crippen LogP contribution is -2.43. The molecule has 0 N–H and O–H groups in total. The number of carbonyl (C=O) groups is 1. The number of nitrogens with zero attached hydrogens (tertiary/aromatic N) is 5. The average molecular weight is 450 g/mol. The molecule has 1 atom stereocenters. The third kappa shape index (κ3) is 3.54. The van der Waals surface area contributed by atoms with Crippen LogP contribution < -0.4 is 10.6 Å². The van der Waals surface area contributed by atoms with Crippen molar-refractivity contribution in [3.63, 3.8) is 0 Å². The Morgan fingerprint density at radius 2 is 2.03 bits per heavy atom. The number of likely N-dealkylation sites (tertiary alicyclic amines) is 1. The molecule has 7 nitrogen and oxygen atoms in total. The first-order valence-electron chi connectivity index (χ1n) is 11.4. The van der Waals surface area contributed by atoms with Crippen molar-refractivity contribution in [1.29, 1.82) is 5.26 Å². The molecule has 4 heterocycles. The summed E-state index contributed by atoms with van der Waals surface area (Å²) in [6.45, 7) is 2.66. The van der Waals surface area contributed by atoms with Gasteiger partial charge in [0.2, 0.25) is 0 Å². The lowest BCUT2D eigenvalue weighted by atomic mass is 9.98. The summed E-state index contributed by atoms with van der Waals surface area (Å²) in [4.78, 5) is 16.9. The Bertz CT molecular complexity index is 1540. The fourth-order valence-corrected chi connectivity index (χ4v) is 5.03. The molecule has 2 aliphatic heterocycles. The first-order valence-corrected chi connectivity index (χ1v) is 11.4. The van der Waals surface area contributed by atoms with E-state index in [1.54, 1.807) is 11.1 Å². The van der Waals surface area contributed by atoms with Crippen LogP contribution in [0.4, 0.5) is 4.79 Å². The monoisotopic (exact) mass is 449 g/mol. The van der Waals surface area contributed by atoms with Crippen LogP contribution in [0, 0.1) is 11.3 Å². The van der Waals surface area contributed by atoms with Gasteiger partial charge in [-0.25, -0.2) is 4.79 Å². The predicted molar refractivity (Wildman–Crippen MR) is 128 cm³/mol. The van der Waals surface area contributed by atoms with E-state index in [9.17, 15) is 4.79 Å². The van der Waals surface area contributed by atoms with Gasteiger partial charge in [-0.15, -0.1) is 0 Å². The van der Waals surface area contributed by atoms with Crippen molar-refractivity contribution >= 4 is 29.2 Å². The van der Waals surface area contributed by atoms with Crippen LogP contribution in [0.5, 0.6) is 0 Å². The molecule has 2 aliphatic rings. The number of benzene rings is 2. The maximum absolute atomic E-state index is 13.2. The smallest absolute Gasteiger partial charge is 0.324 e. The molecule has 168 valence electrons. The molecular weight excluding hydrogens is 426 g/mol. The van der Waals surface area contributed by atoms with Crippen LogP contribution in [-0.4, -0.2) is 45.2 Å². The minimum Gasteiger partial charge on any atom is -0.357 e. The van der Waals surface area contributed by atoms with Crippen molar-refractivity contribution in [3.05, 3.63) is 88.2 Å². The minimum atomic E-state index is 0.0203. The summed E-state index contributed by atoms with van der Waals surface area (Å²) in [5.74, 6) is 0.288. The molecule has 0 aliphatic carbocycles. The normalized spacial score (nSPS) is 17.2. The molecular formula is C27H23N5O2. The van der Waals surface area contributed by atoms with Crippen molar-refractivity contribution in [2.24, 2.45) is 0 Å². The van der Waals surface area contributed by atoms with E-state index in [0.717, 1.165) is 35.7 Å². The Hall–Kier alpha value is -4.31. The molecule has 0 spiro atoms. The highest BCUT2D eigenvalue weighted by Gasteiger charge is 2.31. The molecule has 2 amide bonds. The summed E-state index contributed by atoms with van der Waals surface area (Å²) in [6.07, 6.45) is 8.54. The number of amides is 2. The Labute approximate surface area is 196 Å². The van der Waals surface area contributed by atoms with Crippen LogP contribution in [-0.2, 0) is 6.54 Å². The Balaban J connectivity index is 1.24. The van der Waals surface area contributed by atoms with Crippen LogP contribution in [0.3, 0.4) is 0 Å². The van der Waals surface area contributed by atoms with Gasteiger partial charge in [-0.3, -0.25) is 4.90 Å². The SMILES string of the molecule is N#Cc1ccc(Cn2cc(C3CCN(C(=O)N4C=c5cnoc5=CC4)C3)c3ccccc32)cc1. The molecule has 0 saturated carbocycles. The van der Waals surface area contributed by atoms with Crippen LogP contribution in [0.15, 0.2) is 65.4 Å². The molecule has 2 aromatic carbocycles. The molecule has 1 unspecified atom stereocenters. The van der Waals surface area contributed by atoms with E-state index in [0.29, 0.717) is 18.7 Å². The second-order valence-corrected chi connectivity index (χ2v) is 8.88. The summed E-state index contributed by atoms with van der Waals surface area (Å²) in [5, 5.41) is 14.9.